The number of imidazole rings is 1. The van der Waals surface area contributed by atoms with Crippen molar-refractivity contribution in [3.63, 3.8) is 0 Å². The first-order chi connectivity index (χ1) is 9.28. The van der Waals surface area contributed by atoms with Crippen LogP contribution in [0.2, 0.25) is 0 Å². The highest BCUT2D eigenvalue weighted by atomic mass is 15.3. The van der Waals surface area contributed by atoms with Crippen molar-refractivity contribution in [3.8, 4) is 0 Å². The third-order valence-corrected chi connectivity index (χ3v) is 4.05. The second kappa shape index (κ2) is 5.17. The Morgan fingerprint density at radius 1 is 1.32 bits per heavy atom. The van der Waals surface area contributed by atoms with E-state index in [1.807, 2.05) is 16.8 Å². The lowest BCUT2D eigenvalue weighted by Crippen LogP contribution is -2.34. The van der Waals surface area contributed by atoms with Crippen molar-refractivity contribution >= 4 is 11.5 Å². The molecule has 1 fully saturated rings. The van der Waals surface area contributed by atoms with Gasteiger partial charge in [-0.1, -0.05) is 19.3 Å². The third-order valence-electron chi connectivity index (χ3n) is 4.05. The quantitative estimate of drug-likeness (QED) is 0.915. The van der Waals surface area contributed by atoms with E-state index < -0.39 is 0 Å². The highest BCUT2D eigenvalue weighted by molar-refractivity contribution is 5.46. The maximum atomic E-state index is 5.61. The molecular formula is C14H21N5. The molecule has 19 heavy (non-hydrogen) atoms. The number of hydrogen-bond acceptors (Lipinski definition) is 4. The first kappa shape index (κ1) is 12.4. The highest BCUT2D eigenvalue weighted by Crippen LogP contribution is 2.24. The van der Waals surface area contributed by atoms with Crippen LogP contribution in [0.5, 0.6) is 0 Å². The van der Waals surface area contributed by atoms with Gasteiger partial charge < -0.3 is 10.6 Å². The van der Waals surface area contributed by atoms with Gasteiger partial charge in [0, 0.05) is 19.6 Å². The predicted octanol–water partition coefficient (Wildman–Crippen LogP) is 1.96. The van der Waals surface area contributed by atoms with Gasteiger partial charge in [-0.15, -0.1) is 5.10 Å². The third kappa shape index (κ3) is 2.42. The summed E-state index contributed by atoms with van der Waals surface area (Å²) in [5.74, 6) is 1.01. The van der Waals surface area contributed by atoms with E-state index in [9.17, 15) is 0 Å². The smallest absolute Gasteiger partial charge is 0.153 e. The number of rotatable bonds is 3. The van der Waals surface area contributed by atoms with Gasteiger partial charge in [0.05, 0.1) is 11.9 Å². The zero-order chi connectivity index (χ0) is 13.2. The van der Waals surface area contributed by atoms with E-state index in [0.717, 1.165) is 17.2 Å². The number of fused-ring (bicyclic) bond motifs is 1. The molecule has 0 radical (unpaired) electrons. The Labute approximate surface area is 113 Å². The first-order valence-electron chi connectivity index (χ1n) is 7.06. The standard InChI is InChI=1S/C14H21N5/c1-18(12-5-3-2-4-6-12)14-8-7-13-16-11(9-15)10-19(13)17-14/h7-8,10,12H,2-6,9,15H2,1H3. The normalized spacial score (nSPS) is 16.9. The number of nitrogens with zero attached hydrogens (tertiary/aromatic N) is 4. The van der Waals surface area contributed by atoms with Gasteiger partial charge >= 0.3 is 0 Å². The van der Waals surface area contributed by atoms with Gasteiger partial charge in [-0.05, 0) is 25.0 Å². The Kier molecular flexibility index (Phi) is 3.38. The van der Waals surface area contributed by atoms with E-state index in [-0.39, 0.29) is 0 Å². The summed E-state index contributed by atoms with van der Waals surface area (Å²) < 4.78 is 1.83. The molecule has 2 heterocycles. The van der Waals surface area contributed by atoms with E-state index in [4.69, 9.17) is 5.73 Å². The van der Waals surface area contributed by atoms with Crippen molar-refractivity contribution in [2.45, 2.75) is 44.7 Å². The second-order valence-electron chi connectivity index (χ2n) is 5.33. The molecule has 2 aromatic rings. The van der Waals surface area contributed by atoms with Crippen LogP contribution in [-0.2, 0) is 6.54 Å². The molecular weight excluding hydrogens is 238 g/mol. The molecule has 0 aromatic carbocycles. The van der Waals surface area contributed by atoms with Crippen molar-refractivity contribution in [3.05, 3.63) is 24.0 Å². The van der Waals surface area contributed by atoms with Crippen molar-refractivity contribution in [1.82, 2.24) is 14.6 Å². The Morgan fingerprint density at radius 3 is 2.84 bits per heavy atom. The van der Waals surface area contributed by atoms with Crippen LogP contribution < -0.4 is 10.6 Å². The number of aromatic nitrogens is 3. The zero-order valence-corrected chi connectivity index (χ0v) is 11.4. The van der Waals surface area contributed by atoms with Crippen LogP contribution in [0.15, 0.2) is 18.3 Å². The first-order valence-corrected chi connectivity index (χ1v) is 7.06. The monoisotopic (exact) mass is 259 g/mol. The number of nitrogens with two attached hydrogens (primary N) is 1. The largest absolute Gasteiger partial charge is 0.355 e. The molecule has 0 saturated heterocycles. The topological polar surface area (TPSA) is 59.5 Å². The molecule has 3 rings (SSSR count). The van der Waals surface area contributed by atoms with E-state index in [0.29, 0.717) is 12.6 Å². The Hall–Kier alpha value is -1.62. The lowest BCUT2D eigenvalue weighted by Gasteiger charge is -2.31. The fourth-order valence-corrected chi connectivity index (χ4v) is 2.86. The summed E-state index contributed by atoms with van der Waals surface area (Å²) in [5, 5.41) is 4.64. The number of hydrogen-bond donors (Lipinski definition) is 1. The molecule has 2 aromatic heterocycles. The molecule has 0 atom stereocenters. The van der Waals surface area contributed by atoms with Gasteiger partial charge in [-0.25, -0.2) is 9.50 Å². The van der Waals surface area contributed by atoms with Gasteiger partial charge in [-0.2, -0.15) is 0 Å². The van der Waals surface area contributed by atoms with Crippen molar-refractivity contribution in [1.29, 1.82) is 0 Å². The average Bonchev–Trinajstić information content (AvgIpc) is 2.89. The maximum absolute atomic E-state index is 5.61. The van der Waals surface area contributed by atoms with Crippen LogP contribution in [0, 0.1) is 0 Å². The average molecular weight is 259 g/mol. The summed E-state index contributed by atoms with van der Waals surface area (Å²) in [6.07, 6.45) is 8.49. The fraction of sp³-hybridized carbons (Fsp3) is 0.571. The zero-order valence-electron chi connectivity index (χ0n) is 11.4. The van der Waals surface area contributed by atoms with E-state index in [1.54, 1.807) is 0 Å². The summed E-state index contributed by atoms with van der Waals surface area (Å²) in [4.78, 5) is 6.71. The predicted molar refractivity (Wildman–Crippen MR) is 76.2 cm³/mol. The van der Waals surface area contributed by atoms with E-state index in [2.05, 4.69) is 28.1 Å². The van der Waals surface area contributed by atoms with Gasteiger partial charge in [0.2, 0.25) is 0 Å². The number of anilines is 1. The van der Waals surface area contributed by atoms with E-state index in [1.165, 1.54) is 32.1 Å². The second-order valence-corrected chi connectivity index (χ2v) is 5.33. The van der Waals surface area contributed by atoms with Crippen molar-refractivity contribution < 1.29 is 0 Å². The minimum Gasteiger partial charge on any atom is -0.355 e. The molecule has 0 spiro atoms. The van der Waals surface area contributed by atoms with E-state index >= 15 is 0 Å². The summed E-state index contributed by atoms with van der Waals surface area (Å²) in [6.45, 7) is 0.456. The lowest BCUT2D eigenvalue weighted by molar-refractivity contribution is 0.425. The van der Waals surface area contributed by atoms with Crippen LogP contribution in [-0.4, -0.2) is 27.7 Å². The van der Waals surface area contributed by atoms with Crippen LogP contribution in [0.4, 0.5) is 5.82 Å². The van der Waals surface area contributed by atoms with Gasteiger partial charge in [0.1, 0.15) is 5.82 Å². The van der Waals surface area contributed by atoms with Crippen LogP contribution in [0.25, 0.3) is 5.65 Å². The summed E-state index contributed by atoms with van der Waals surface area (Å²) >= 11 is 0. The summed E-state index contributed by atoms with van der Waals surface area (Å²) in [5.41, 5.74) is 7.36. The molecule has 0 aliphatic heterocycles. The summed E-state index contributed by atoms with van der Waals surface area (Å²) in [7, 11) is 2.14. The van der Waals surface area contributed by atoms with Crippen LogP contribution >= 0.6 is 0 Å². The molecule has 0 bridgehead atoms. The maximum Gasteiger partial charge on any atom is 0.153 e. The Balaban J connectivity index is 1.86. The molecule has 5 nitrogen and oxygen atoms in total. The lowest BCUT2D eigenvalue weighted by atomic mass is 9.94. The van der Waals surface area contributed by atoms with Gasteiger partial charge in [0.15, 0.2) is 5.65 Å². The molecule has 0 unspecified atom stereocenters. The highest BCUT2D eigenvalue weighted by Gasteiger charge is 2.19. The van der Waals surface area contributed by atoms with Gasteiger partial charge in [0.25, 0.3) is 0 Å². The molecule has 102 valence electrons. The molecule has 1 saturated carbocycles. The Bertz CT molecular complexity index is 556. The molecule has 1 aliphatic rings. The fourth-order valence-electron chi connectivity index (χ4n) is 2.86. The van der Waals surface area contributed by atoms with Gasteiger partial charge in [-0.3, -0.25) is 0 Å². The Morgan fingerprint density at radius 2 is 2.11 bits per heavy atom. The summed E-state index contributed by atoms with van der Waals surface area (Å²) in [6, 6.07) is 4.69. The molecule has 0 amide bonds. The minimum atomic E-state index is 0.456. The van der Waals surface area contributed by atoms with Crippen molar-refractivity contribution in [2.24, 2.45) is 5.73 Å². The van der Waals surface area contributed by atoms with Crippen molar-refractivity contribution in [2.75, 3.05) is 11.9 Å². The van der Waals surface area contributed by atoms with Crippen LogP contribution in [0.1, 0.15) is 37.8 Å². The molecule has 2 N–H and O–H groups in total. The SMILES string of the molecule is CN(c1ccc2nc(CN)cn2n1)C1CCCCC1. The minimum absolute atomic E-state index is 0.456. The van der Waals surface area contributed by atoms with Crippen LogP contribution in [0.3, 0.4) is 0 Å². The molecule has 1 aliphatic carbocycles. The molecule has 5 heteroatoms.